The monoisotopic (exact) mass is 496 g/mol. The molecule has 0 saturated carbocycles. The van der Waals surface area contributed by atoms with E-state index in [2.05, 4.69) is 10.1 Å². The van der Waals surface area contributed by atoms with Crippen LogP contribution in [0.4, 0.5) is 24.7 Å². The number of benzene rings is 2. The van der Waals surface area contributed by atoms with E-state index in [-0.39, 0.29) is 11.3 Å². The molecule has 1 aromatic heterocycles. The van der Waals surface area contributed by atoms with Crippen molar-refractivity contribution in [3.8, 4) is 0 Å². The van der Waals surface area contributed by atoms with E-state index >= 15 is 0 Å². The minimum Gasteiger partial charge on any atom is -0.452 e. The van der Waals surface area contributed by atoms with Gasteiger partial charge in [-0.3, -0.25) is 4.79 Å². The maximum atomic E-state index is 13.3. The molecule has 1 fully saturated rings. The molecular formula is C26H23F3N4O3. The first-order valence-corrected chi connectivity index (χ1v) is 11.3. The number of carbonyl (C=O) groups is 2. The molecule has 1 amide bonds. The van der Waals surface area contributed by atoms with Crippen LogP contribution >= 0.6 is 0 Å². The zero-order valence-corrected chi connectivity index (χ0v) is 19.2. The van der Waals surface area contributed by atoms with Crippen LogP contribution in [0.1, 0.15) is 34.3 Å². The molecule has 0 bridgehead atoms. The highest BCUT2D eigenvalue weighted by Crippen LogP contribution is 2.32. The summed E-state index contributed by atoms with van der Waals surface area (Å²) < 4.78 is 45.1. The Morgan fingerprint density at radius 3 is 2.50 bits per heavy atom. The van der Waals surface area contributed by atoms with Crippen molar-refractivity contribution in [1.29, 1.82) is 0 Å². The summed E-state index contributed by atoms with van der Waals surface area (Å²) in [6.07, 6.45) is 0.270. The number of rotatable bonds is 7. The summed E-state index contributed by atoms with van der Waals surface area (Å²) in [4.78, 5) is 32.1. The molecule has 0 N–H and O–H groups in total. The summed E-state index contributed by atoms with van der Waals surface area (Å²) in [6.45, 7) is 0.789. The fourth-order valence-electron chi connectivity index (χ4n) is 3.76. The SMILES string of the molecule is O=C(OCC(=O)N(/N=C/c1ccccc1)c1cccc(C(F)(F)F)c1)c1cccnc1N1CCCC1. The van der Waals surface area contributed by atoms with Gasteiger partial charge in [0.15, 0.2) is 6.61 Å². The first-order chi connectivity index (χ1) is 17.3. The highest BCUT2D eigenvalue weighted by molar-refractivity contribution is 5.99. The number of nitrogens with zero attached hydrogens (tertiary/aromatic N) is 4. The second-order valence-corrected chi connectivity index (χ2v) is 8.05. The van der Waals surface area contributed by atoms with Gasteiger partial charge in [-0.05, 0) is 48.7 Å². The van der Waals surface area contributed by atoms with Crippen LogP contribution in [0.25, 0.3) is 0 Å². The lowest BCUT2D eigenvalue weighted by molar-refractivity contribution is -0.137. The number of hydrogen-bond acceptors (Lipinski definition) is 6. The van der Waals surface area contributed by atoms with Crippen molar-refractivity contribution in [3.63, 3.8) is 0 Å². The lowest BCUT2D eigenvalue weighted by atomic mass is 10.2. The smallest absolute Gasteiger partial charge is 0.416 e. The van der Waals surface area contributed by atoms with Gasteiger partial charge in [-0.2, -0.15) is 23.3 Å². The molecule has 1 aliphatic heterocycles. The quantitative estimate of drug-likeness (QED) is 0.264. The predicted octanol–water partition coefficient (Wildman–Crippen LogP) is 4.92. The molecule has 36 heavy (non-hydrogen) atoms. The maximum Gasteiger partial charge on any atom is 0.416 e. The van der Waals surface area contributed by atoms with Gasteiger partial charge in [0.25, 0.3) is 5.91 Å². The van der Waals surface area contributed by atoms with Crippen molar-refractivity contribution < 1.29 is 27.5 Å². The van der Waals surface area contributed by atoms with Gasteiger partial charge in [0, 0.05) is 19.3 Å². The fraction of sp³-hybridized carbons (Fsp3) is 0.231. The maximum absolute atomic E-state index is 13.3. The topological polar surface area (TPSA) is 75.1 Å². The van der Waals surface area contributed by atoms with E-state index in [1.807, 2.05) is 4.90 Å². The molecular weight excluding hydrogens is 473 g/mol. The Kier molecular flexibility index (Phi) is 7.62. The van der Waals surface area contributed by atoms with Crippen molar-refractivity contribution >= 4 is 29.6 Å². The fourth-order valence-corrected chi connectivity index (χ4v) is 3.76. The van der Waals surface area contributed by atoms with E-state index in [0.717, 1.165) is 43.1 Å². The zero-order chi connectivity index (χ0) is 25.5. The molecule has 0 atom stereocenters. The second kappa shape index (κ2) is 11.0. The number of esters is 1. The van der Waals surface area contributed by atoms with E-state index in [1.165, 1.54) is 18.3 Å². The number of pyridine rings is 1. The first-order valence-electron chi connectivity index (χ1n) is 11.3. The largest absolute Gasteiger partial charge is 0.452 e. The molecule has 186 valence electrons. The molecule has 1 aliphatic rings. The third kappa shape index (κ3) is 6.07. The number of anilines is 2. The van der Waals surface area contributed by atoms with Gasteiger partial charge in [0.2, 0.25) is 0 Å². The number of carbonyl (C=O) groups excluding carboxylic acids is 2. The third-order valence-corrected chi connectivity index (χ3v) is 5.52. The van der Waals surface area contributed by atoms with Crippen LogP contribution in [0, 0.1) is 0 Å². The van der Waals surface area contributed by atoms with E-state index in [4.69, 9.17) is 4.74 Å². The van der Waals surface area contributed by atoms with Gasteiger partial charge in [0.1, 0.15) is 11.4 Å². The molecule has 2 aromatic carbocycles. The summed E-state index contributed by atoms with van der Waals surface area (Å²) in [5.74, 6) is -1.10. The molecule has 1 saturated heterocycles. The van der Waals surface area contributed by atoms with E-state index in [0.29, 0.717) is 11.4 Å². The highest BCUT2D eigenvalue weighted by Gasteiger charge is 2.31. The van der Waals surface area contributed by atoms with Gasteiger partial charge < -0.3 is 9.64 Å². The summed E-state index contributed by atoms with van der Waals surface area (Å²) in [5.41, 5.74) is -0.206. The Hall–Kier alpha value is -4.21. The van der Waals surface area contributed by atoms with Crippen molar-refractivity contribution in [2.24, 2.45) is 5.10 Å². The molecule has 7 nitrogen and oxygen atoms in total. The Morgan fingerprint density at radius 2 is 1.78 bits per heavy atom. The number of alkyl halides is 3. The number of amides is 1. The van der Waals surface area contributed by atoms with Crippen molar-refractivity contribution in [1.82, 2.24) is 4.98 Å². The zero-order valence-electron chi connectivity index (χ0n) is 19.2. The van der Waals surface area contributed by atoms with Gasteiger partial charge in [-0.25, -0.2) is 9.78 Å². The van der Waals surface area contributed by atoms with E-state index < -0.39 is 30.2 Å². The molecule has 0 spiro atoms. The minimum absolute atomic E-state index is 0.114. The third-order valence-electron chi connectivity index (χ3n) is 5.52. The van der Waals surface area contributed by atoms with Crippen molar-refractivity contribution in [2.45, 2.75) is 19.0 Å². The lowest BCUT2D eigenvalue weighted by Gasteiger charge is -2.20. The molecule has 3 aromatic rings. The van der Waals surface area contributed by atoms with Crippen molar-refractivity contribution in [3.05, 3.63) is 89.6 Å². The van der Waals surface area contributed by atoms with E-state index in [1.54, 1.807) is 48.7 Å². The van der Waals surface area contributed by atoms with Crippen LogP contribution in [0.15, 0.2) is 78.0 Å². The molecule has 2 heterocycles. The van der Waals surface area contributed by atoms with E-state index in [9.17, 15) is 22.8 Å². The average molecular weight is 496 g/mol. The standard InChI is InChI=1S/C26H23F3N4O3/c27-26(28,29)20-10-6-11-21(16-20)33(31-17-19-8-2-1-3-9-19)23(34)18-36-25(35)22-12-7-13-30-24(22)32-14-4-5-15-32/h1-3,6-13,16-17H,4-5,14-15,18H2/b31-17+. The van der Waals surface area contributed by atoms with Crippen LogP contribution in [0.5, 0.6) is 0 Å². The predicted molar refractivity (Wildman–Crippen MR) is 129 cm³/mol. The van der Waals surface area contributed by atoms with Crippen LogP contribution in [0.2, 0.25) is 0 Å². The molecule has 4 rings (SSSR count). The number of aromatic nitrogens is 1. The van der Waals surface area contributed by atoms with Gasteiger partial charge in [0.05, 0.1) is 17.5 Å². The number of hydrogen-bond donors (Lipinski definition) is 0. The summed E-state index contributed by atoms with van der Waals surface area (Å²) >= 11 is 0. The number of ether oxygens (including phenoxy) is 1. The van der Waals surface area contributed by atoms with Crippen LogP contribution in [-0.2, 0) is 15.7 Å². The Balaban J connectivity index is 1.55. The Bertz CT molecular complexity index is 1240. The summed E-state index contributed by atoms with van der Waals surface area (Å²) in [6, 6.07) is 16.1. The van der Waals surface area contributed by atoms with Crippen LogP contribution in [-0.4, -0.2) is 42.8 Å². The normalized spacial score (nSPS) is 13.7. The average Bonchev–Trinajstić information content (AvgIpc) is 3.43. The second-order valence-electron chi connectivity index (χ2n) is 8.05. The van der Waals surface area contributed by atoms with Crippen LogP contribution in [0.3, 0.4) is 0 Å². The van der Waals surface area contributed by atoms with Gasteiger partial charge >= 0.3 is 12.1 Å². The minimum atomic E-state index is -4.60. The highest BCUT2D eigenvalue weighted by atomic mass is 19.4. The molecule has 0 radical (unpaired) electrons. The first kappa shape index (κ1) is 24.9. The lowest BCUT2D eigenvalue weighted by Crippen LogP contribution is -2.31. The van der Waals surface area contributed by atoms with Gasteiger partial charge in [-0.1, -0.05) is 36.4 Å². The summed E-state index contributed by atoms with van der Waals surface area (Å²) in [7, 11) is 0. The van der Waals surface area contributed by atoms with Gasteiger partial charge in [-0.15, -0.1) is 0 Å². The Morgan fingerprint density at radius 1 is 1.03 bits per heavy atom. The molecule has 10 heteroatoms. The molecule has 0 unspecified atom stereocenters. The number of hydrazone groups is 1. The number of halogens is 3. The van der Waals surface area contributed by atoms with Crippen LogP contribution < -0.4 is 9.91 Å². The van der Waals surface area contributed by atoms with Crippen molar-refractivity contribution in [2.75, 3.05) is 29.6 Å². The summed E-state index contributed by atoms with van der Waals surface area (Å²) in [5, 5.41) is 4.89. The Labute approximate surface area is 205 Å². The molecule has 0 aliphatic carbocycles.